The van der Waals surface area contributed by atoms with Crippen LogP contribution in [0.4, 0.5) is 22.4 Å². The summed E-state index contributed by atoms with van der Waals surface area (Å²) in [6.45, 7) is 0. The molecule has 5 nitrogen and oxygen atoms in total. The fourth-order valence-corrected chi connectivity index (χ4v) is 4.68. The zero-order valence-electron chi connectivity index (χ0n) is 19.8. The van der Waals surface area contributed by atoms with Crippen molar-refractivity contribution in [1.82, 2.24) is 15.6 Å². The molecule has 2 N–H and O–H groups in total. The summed E-state index contributed by atoms with van der Waals surface area (Å²) < 4.78 is 57.5. The van der Waals surface area contributed by atoms with Gasteiger partial charge in [0.2, 0.25) is 0 Å². The molecule has 1 saturated carbocycles. The lowest BCUT2D eigenvalue weighted by molar-refractivity contribution is -0.253. The van der Waals surface area contributed by atoms with Crippen molar-refractivity contribution in [3.05, 3.63) is 94.8 Å². The number of carbonyl (C=O) groups is 1. The van der Waals surface area contributed by atoms with Crippen LogP contribution < -0.4 is 15.4 Å². The molecule has 196 valence electrons. The Labute approximate surface area is 217 Å². The maximum absolute atomic E-state index is 13.7. The summed E-state index contributed by atoms with van der Waals surface area (Å²) in [7, 11) is 0. The fraction of sp³-hybridized carbons (Fsp3) is 0.333. The van der Waals surface area contributed by atoms with Crippen LogP contribution in [0.1, 0.15) is 42.5 Å². The zero-order valence-corrected chi connectivity index (χ0v) is 20.5. The summed E-state index contributed by atoms with van der Waals surface area (Å²) in [5.41, 5.74) is 0.119. The van der Waals surface area contributed by atoms with E-state index < -0.39 is 29.9 Å². The average Bonchev–Trinajstić information content (AvgIpc) is 3.37. The number of pyridine rings is 1. The van der Waals surface area contributed by atoms with Crippen LogP contribution in [0.2, 0.25) is 5.02 Å². The first-order valence-electron chi connectivity index (χ1n) is 11.9. The van der Waals surface area contributed by atoms with Gasteiger partial charge in [-0.1, -0.05) is 66.9 Å². The van der Waals surface area contributed by atoms with Gasteiger partial charge in [0, 0.05) is 18.7 Å². The minimum atomic E-state index is -4.69. The standard InChI is InChI=1S/C27H26ClF4N3O2/c28-20-13-14-23(33-17-20)26(16-18-7-2-1-3-8-18,35-25(36)34-21-10-4-5-11-21)19-9-6-12-22(15-19)37-27(31,32)24(29)30/h1-3,6-9,12-15,17,21,24H,4-5,10-11,16H2,(H2,34,35,36)/t26-/m0/s1. The molecule has 1 atom stereocenters. The van der Waals surface area contributed by atoms with Crippen LogP contribution in [0.15, 0.2) is 72.9 Å². The highest BCUT2D eigenvalue weighted by Crippen LogP contribution is 2.36. The first-order valence-corrected chi connectivity index (χ1v) is 12.3. The van der Waals surface area contributed by atoms with Crippen molar-refractivity contribution in [3.8, 4) is 5.75 Å². The highest BCUT2D eigenvalue weighted by atomic mass is 35.5. The summed E-state index contributed by atoms with van der Waals surface area (Å²) in [5.74, 6) is -0.479. The monoisotopic (exact) mass is 535 g/mol. The van der Waals surface area contributed by atoms with Gasteiger partial charge in [0.1, 0.15) is 11.3 Å². The molecule has 1 aliphatic rings. The Morgan fingerprint density at radius 1 is 1.05 bits per heavy atom. The Balaban J connectivity index is 1.82. The van der Waals surface area contributed by atoms with E-state index in [1.165, 1.54) is 18.3 Å². The Morgan fingerprint density at radius 3 is 2.43 bits per heavy atom. The molecule has 2 amide bonds. The van der Waals surface area contributed by atoms with Gasteiger partial charge >= 0.3 is 18.6 Å². The number of halogens is 5. The van der Waals surface area contributed by atoms with Crippen molar-refractivity contribution in [2.45, 2.75) is 56.2 Å². The van der Waals surface area contributed by atoms with Crippen molar-refractivity contribution in [2.75, 3.05) is 0 Å². The number of carbonyl (C=O) groups excluding carboxylic acids is 1. The van der Waals surface area contributed by atoms with Gasteiger partial charge in [-0.25, -0.2) is 4.79 Å². The van der Waals surface area contributed by atoms with Crippen LogP contribution in [0, 0.1) is 0 Å². The molecule has 0 radical (unpaired) electrons. The molecule has 4 rings (SSSR count). The third kappa shape index (κ3) is 6.52. The van der Waals surface area contributed by atoms with Gasteiger partial charge < -0.3 is 15.4 Å². The van der Waals surface area contributed by atoms with Gasteiger partial charge in [-0.2, -0.15) is 17.6 Å². The molecule has 37 heavy (non-hydrogen) atoms. The van der Waals surface area contributed by atoms with Crippen molar-refractivity contribution >= 4 is 17.6 Å². The second-order valence-corrected chi connectivity index (χ2v) is 9.44. The average molecular weight is 536 g/mol. The van der Waals surface area contributed by atoms with Crippen LogP contribution in [0.3, 0.4) is 0 Å². The topological polar surface area (TPSA) is 63.2 Å². The number of hydrogen-bond acceptors (Lipinski definition) is 3. The molecule has 10 heteroatoms. The lowest BCUT2D eigenvalue weighted by Gasteiger charge is -2.36. The van der Waals surface area contributed by atoms with E-state index in [2.05, 4.69) is 20.4 Å². The van der Waals surface area contributed by atoms with Gasteiger partial charge in [0.25, 0.3) is 0 Å². The highest BCUT2D eigenvalue weighted by Gasteiger charge is 2.44. The molecule has 0 bridgehead atoms. The van der Waals surface area contributed by atoms with E-state index in [-0.39, 0.29) is 12.5 Å². The Hall–Kier alpha value is -3.33. The molecular formula is C27H26ClF4N3O2. The summed E-state index contributed by atoms with van der Waals surface area (Å²) in [6.07, 6.45) is -3.39. The van der Waals surface area contributed by atoms with E-state index in [1.54, 1.807) is 18.2 Å². The molecule has 1 aliphatic carbocycles. The number of nitrogens with one attached hydrogen (secondary N) is 2. The van der Waals surface area contributed by atoms with Gasteiger partial charge in [-0.05, 0) is 48.2 Å². The first kappa shape index (κ1) is 26.7. The number of hydrogen-bond donors (Lipinski definition) is 2. The van der Waals surface area contributed by atoms with E-state index in [9.17, 15) is 22.4 Å². The van der Waals surface area contributed by atoms with Crippen molar-refractivity contribution in [1.29, 1.82) is 0 Å². The maximum Gasteiger partial charge on any atom is 0.461 e. The van der Waals surface area contributed by atoms with Crippen molar-refractivity contribution < 1.29 is 27.1 Å². The largest absolute Gasteiger partial charge is 0.461 e. The number of urea groups is 1. The number of amides is 2. The normalized spacial score (nSPS) is 15.8. The first-order chi connectivity index (χ1) is 17.7. The number of alkyl halides is 4. The Bertz CT molecular complexity index is 1190. The molecule has 0 spiro atoms. The quantitative estimate of drug-likeness (QED) is 0.300. The van der Waals surface area contributed by atoms with E-state index in [1.807, 2.05) is 30.3 Å². The van der Waals surface area contributed by atoms with E-state index in [0.717, 1.165) is 37.3 Å². The van der Waals surface area contributed by atoms with Gasteiger partial charge in [0.15, 0.2) is 0 Å². The van der Waals surface area contributed by atoms with Gasteiger partial charge in [0.05, 0.1) is 10.7 Å². The van der Waals surface area contributed by atoms with E-state index in [4.69, 9.17) is 11.6 Å². The molecule has 0 aliphatic heterocycles. The Morgan fingerprint density at radius 2 is 1.78 bits per heavy atom. The van der Waals surface area contributed by atoms with Gasteiger partial charge in [-0.3, -0.25) is 4.98 Å². The minimum Gasteiger partial charge on any atom is -0.428 e. The number of nitrogens with zero attached hydrogens (tertiary/aromatic N) is 1. The molecule has 0 saturated heterocycles. The summed E-state index contributed by atoms with van der Waals surface area (Å²) in [5, 5.41) is 6.37. The predicted molar refractivity (Wildman–Crippen MR) is 132 cm³/mol. The molecule has 1 fully saturated rings. The second-order valence-electron chi connectivity index (χ2n) is 9.00. The molecule has 0 unspecified atom stereocenters. The smallest absolute Gasteiger partial charge is 0.428 e. The van der Waals surface area contributed by atoms with Crippen LogP contribution in [0.5, 0.6) is 5.75 Å². The highest BCUT2D eigenvalue weighted by molar-refractivity contribution is 6.30. The van der Waals surface area contributed by atoms with Crippen molar-refractivity contribution in [3.63, 3.8) is 0 Å². The Kier molecular flexibility index (Phi) is 8.22. The number of ether oxygens (including phenoxy) is 1. The minimum absolute atomic E-state index is 0.00648. The van der Waals surface area contributed by atoms with Crippen LogP contribution in [-0.4, -0.2) is 29.6 Å². The zero-order chi connectivity index (χ0) is 26.5. The summed E-state index contributed by atoms with van der Waals surface area (Å²) >= 11 is 6.08. The third-order valence-electron chi connectivity index (χ3n) is 6.33. The predicted octanol–water partition coefficient (Wildman–Crippen LogP) is 6.70. The summed E-state index contributed by atoms with van der Waals surface area (Å²) in [6, 6.07) is 17.3. The molecule has 2 aromatic carbocycles. The molecular weight excluding hydrogens is 510 g/mol. The van der Waals surface area contributed by atoms with Gasteiger partial charge in [-0.15, -0.1) is 0 Å². The van der Waals surface area contributed by atoms with Crippen LogP contribution >= 0.6 is 11.6 Å². The fourth-order valence-electron chi connectivity index (χ4n) is 4.56. The van der Waals surface area contributed by atoms with E-state index in [0.29, 0.717) is 16.3 Å². The maximum atomic E-state index is 13.7. The lowest BCUT2D eigenvalue weighted by atomic mass is 9.80. The molecule has 3 aromatic rings. The lowest BCUT2D eigenvalue weighted by Crippen LogP contribution is -2.54. The SMILES string of the molecule is O=C(NC1CCCC1)N[C@@](Cc1ccccc1)(c1cccc(OC(F)(F)C(F)F)c1)c1ccc(Cl)cn1. The van der Waals surface area contributed by atoms with E-state index >= 15 is 0 Å². The van der Waals surface area contributed by atoms with Crippen LogP contribution in [0.25, 0.3) is 0 Å². The van der Waals surface area contributed by atoms with Crippen LogP contribution in [-0.2, 0) is 12.0 Å². The summed E-state index contributed by atoms with van der Waals surface area (Å²) in [4.78, 5) is 17.8. The van der Waals surface area contributed by atoms with Crippen molar-refractivity contribution in [2.24, 2.45) is 0 Å². The second kappa shape index (κ2) is 11.4. The number of benzene rings is 2. The number of aromatic nitrogens is 1. The molecule has 1 heterocycles. The third-order valence-corrected chi connectivity index (χ3v) is 6.55. The molecule has 1 aromatic heterocycles. The number of rotatable bonds is 9.